The van der Waals surface area contributed by atoms with Crippen LogP contribution in [0.4, 0.5) is 5.69 Å². The molecule has 0 unspecified atom stereocenters. The minimum Gasteiger partial charge on any atom is -0.457 e. The fourth-order valence-corrected chi connectivity index (χ4v) is 2.50. The molecule has 0 radical (unpaired) electrons. The number of anilines is 1. The summed E-state index contributed by atoms with van der Waals surface area (Å²) in [6.07, 6.45) is -0.970. The quantitative estimate of drug-likeness (QED) is 0.574. The third-order valence-corrected chi connectivity index (χ3v) is 4.07. The van der Waals surface area contributed by atoms with Gasteiger partial charge in [-0.1, -0.05) is 35.9 Å². The van der Waals surface area contributed by atoms with Gasteiger partial charge in [0.2, 0.25) is 0 Å². The molecular formula is C22H18ClNO4. The van der Waals surface area contributed by atoms with E-state index in [1.807, 2.05) is 30.3 Å². The van der Waals surface area contributed by atoms with E-state index in [4.69, 9.17) is 21.1 Å². The molecule has 0 spiro atoms. The van der Waals surface area contributed by atoms with Crippen molar-refractivity contribution >= 4 is 29.2 Å². The number of hydrogen-bond acceptors (Lipinski definition) is 4. The molecule has 142 valence electrons. The molecular weight excluding hydrogens is 378 g/mol. The highest BCUT2D eigenvalue weighted by molar-refractivity contribution is 6.30. The summed E-state index contributed by atoms with van der Waals surface area (Å²) in [5.41, 5.74) is 0.857. The molecule has 3 rings (SSSR count). The molecule has 0 saturated heterocycles. The molecule has 0 aliphatic heterocycles. The summed E-state index contributed by atoms with van der Waals surface area (Å²) in [6.45, 7) is 1.51. The maximum atomic E-state index is 12.4. The zero-order valence-corrected chi connectivity index (χ0v) is 15.8. The number of nitrogens with one attached hydrogen (secondary N) is 1. The molecule has 0 heterocycles. The van der Waals surface area contributed by atoms with Crippen molar-refractivity contribution in [2.75, 3.05) is 5.32 Å². The molecule has 6 heteroatoms. The smallest absolute Gasteiger partial charge is 0.339 e. The van der Waals surface area contributed by atoms with E-state index >= 15 is 0 Å². The van der Waals surface area contributed by atoms with Gasteiger partial charge in [-0.25, -0.2) is 4.79 Å². The average Bonchev–Trinajstić information content (AvgIpc) is 2.70. The summed E-state index contributed by atoms with van der Waals surface area (Å²) < 4.78 is 11.0. The van der Waals surface area contributed by atoms with Gasteiger partial charge >= 0.3 is 5.97 Å². The van der Waals surface area contributed by atoms with Crippen molar-refractivity contribution in [3.8, 4) is 11.5 Å². The summed E-state index contributed by atoms with van der Waals surface area (Å²) in [7, 11) is 0. The molecule has 5 nitrogen and oxygen atoms in total. The van der Waals surface area contributed by atoms with Crippen LogP contribution in [0.5, 0.6) is 11.5 Å². The molecule has 1 N–H and O–H groups in total. The Labute approximate surface area is 167 Å². The van der Waals surface area contributed by atoms with E-state index in [1.165, 1.54) is 6.92 Å². The molecule has 0 aliphatic rings. The predicted octanol–water partition coefficient (Wildman–Crippen LogP) is 5.32. The van der Waals surface area contributed by atoms with Gasteiger partial charge in [0.15, 0.2) is 6.10 Å². The van der Waals surface area contributed by atoms with Crippen LogP contribution in [0.25, 0.3) is 0 Å². The Morgan fingerprint density at radius 2 is 1.57 bits per heavy atom. The summed E-state index contributed by atoms with van der Waals surface area (Å²) in [4.78, 5) is 24.6. The highest BCUT2D eigenvalue weighted by Gasteiger charge is 2.19. The number of halogens is 1. The van der Waals surface area contributed by atoms with Gasteiger partial charge in [0, 0.05) is 10.7 Å². The van der Waals surface area contributed by atoms with Gasteiger partial charge in [0.1, 0.15) is 11.5 Å². The van der Waals surface area contributed by atoms with Gasteiger partial charge in [0.25, 0.3) is 5.91 Å². The maximum Gasteiger partial charge on any atom is 0.339 e. The van der Waals surface area contributed by atoms with Crippen LogP contribution < -0.4 is 10.1 Å². The SMILES string of the molecule is C[C@@H](OC(=O)c1cccc(Oc2ccccc2)c1)C(=O)Nc1ccc(Cl)cc1. The highest BCUT2D eigenvalue weighted by atomic mass is 35.5. The van der Waals surface area contributed by atoms with E-state index in [1.54, 1.807) is 48.5 Å². The molecule has 0 saturated carbocycles. The molecule has 3 aromatic carbocycles. The summed E-state index contributed by atoms with van der Waals surface area (Å²) >= 11 is 5.82. The minimum absolute atomic E-state index is 0.291. The fraction of sp³-hybridized carbons (Fsp3) is 0.0909. The number of benzene rings is 3. The van der Waals surface area contributed by atoms with Gasteiger partial charge < -0.3 is 14.8 Å². The Morgan fingerprint density at radius 3 is 2.29 bits per heavy atom. The summed E-state index contributed by atoms with van der Waals surface area (Å²) in [6, 6.07) is 22.5. The molecule has 0 fully saturated rings. The van der Waals surface area contributed by atoms with Crippen LogP contribution in [-0.4, -0.2) is 18.0 Å². The van der Waals surface area contributed by atoms with Crippen molar-refractivity contribution < 1.29 is 19.1 Å². The van der Waals surface area contributed by atoms with Crippen molar-refractivity contribution in [2.45, 2.75) is 13.0 Å². The zero-order chi connectivity index (χ0) is 19.9. The third kappa shape index (κ3) is 5.34. The van der Waals surface area contributed by atoms with Gasteiger partial charge in [-0.3, -0.25) is 4.79 Å². The highest BCUT2D eigenvalue weighted by Crippen LogP contribution is 2.22. The second-order valence-corrected chi connectivity index (χ2v) is 6.42. The molecule has 1 amide bonds. The number of carbonyl (C=O) groups excluding carboxylic acids is 2. The van der Waals surface area contributed by atoms with Gasteiger partial charge in [-0.2, -0.15) is 0 Å². The van der Waals surface area contributed by atoms with Crippen LogP contribution in [0, 0.1) is 0 Å². The summed E-state index contributed by atoms with van der Waals surface area (Å²) in [5, 5.41) is 3.24. The minimum atomic E-state index is -0.970. The van der Waals surface area contributed by atoms with Gasteiger partial charge in [-0.15, -0.1) is 0 Å². The zero-order valence-electron chi connectivity index (χ0n) is 15.1. The number of ether oxygens (including phenoxy) is 2. The van der Waals surface area contributed by atoms with Crippen molar-refractivity contribution in [3.05, 3.63) is 89.4 Å². The Hall–Kier alpha value is -3.31. The van der Waals surface area contributed by atoms with Crippen LogP contribution in [0.3, 0.4) is 0 Å². The number of carbonyl (C=O) groups is 2. The molecule has 1 atom stereocenters. The van der Waals surface area contributed by atoms with E-state index in [2.05, 4.69) is 5.32 Å². The number of para-hydroxylation sites is 1. The Bertz CT molecular complexity index is 958. The molecule has 0 aliphatic carbocycles. The first kappa shape index (κ1) is 19.5. The lowest BCUT2D eigenvalue weighted by atomic mass is 10.2. The van der Waals surface area contributed by atoms with Gasteiger partial charge in [-0.05, 0) is 61.5 Å². The fourth-order valence-electron chi connectivity index (χ4n) is 2.37. The van der Waals surface area contributed by atoms with Crippen LogP contribution in [-0.2, 0) is 9.53 Å². The standard InChI is InChI=1S/C22H18ClNO4/c1-15(21(25)24-18-12-10-17(23)11-13-18)27-22(26)16-6-5-9-20(14-16)28-19-7-3-2-4-8-19/h2-15H,1H3,(H,24,25)/t15-/m1/s1. The third-order valence-electron chi connectivity index (χ3n) is 3.81. The lowest BCUT2D eigenvalue weighted by molar-refractivity contribution is -0.123. The van der Waals surface area contributed by atoms with E-state index in [-0.39, 0.29) is 0 Å². The first-order chi connectivity index (χ1) is 13.5. The molecule has 0 aromatic heterocycles. The average molecular weight is 396 g/mol. The van der Waals surface area contributed by atoms with Crippen LogP contribution >= 0.6 is 11.6 Å². The van der Waals surface area contributed by atoms with Crippen molar-refractivity contribution in [3.63, 3.8) is 0 Å². The number of hydrogen-bond donors (Lipinski definition) is 1. The second-order valence-electron chi connectivity index (χ2n) is 5.99. The van der Waals surface area contributed by atoms with Crippen LogP contribution in [0.1, 0.15) is 17.3 Å². The van der Waals surface area contributed by atoms with Crippen LogP contribution in [0.2, 0.25) is 5.02 Å². The number of esters is 1. The first-order valence-electron chi connectivity index (χ1n) is 8.61. The van der Waals surface area contributed by atoms with E-state index < -0.39 is 18.0 Å². The van der Waals surface area contributed by atoms with Gasteiger partial charge in [0.05, 0.1) is 5.56 Å². The van der Waals surface area contributed by atoms with E-state index in [0.717, 1.165) is 0 Å². The molecule has 0 bridgehead atoms. The molecule has 28 heavy (non-hydrogen) atoms. The predicted molar refractivity (Wildman–Crippen MR) is 108 cm³/mol. The Morgan fingerprint density at radius 1 is 0.893 bits per heavy atom. The van der Waals surface area contributed by atoms with Crippen molar-refractivity contribution in [1.82, 2.24) is 0 Å². The van der Waals surface area contributed by atoms with E-state index in [9.17, 15) is 9.59 Å². The topological polar surface area (TPSA) is 64.6 Å². The maximum absolute atomic E-state index is 12.4. The molecule has 3 aromatic rings. The van der Waals surface area contributed by atoms with Crippen molar-refractivity contribution in [1.29, 1.82) is 0 Å². The number of amides is 1. The number of rotatable bonds is 6. The Kier molecular flexibility index (Phi) is 6.29. The Balaban J connectivity index is 1.61. The second kappa shape index (κ2) is 9.06. The summed E-state index contributed by atoms with van der Waals surface area (Å²) in [5.74, 6) is 0.104. The monoisotopic (exact) mass is 395 g/mol. The first-order valence-corrected chi connectivity index (χ1v) is 8.99. The van der Waals surface area contributed by atoms with Crippen LogP contribution in [0.15, 0.2) is 78.9 Å². The largest absolute Gasteiger partial charge is 0.457 e. The normalized spacial score (nSPS) is 11.4. The van der Waals surface area contributed by atoms with E-state index in [0.29, 0.717) is 27.8 Å². The van der Waals surface area contributed by atoms with Crippen molar-refractivity contribution in [2.24, 2.45) is 0 Å². The lowest BCUT2D eigenvalue weighted by Crippen LogP contribution is -2.30. The lowest BCUT2D eigenvalue weighted by Gasteiger charge is -2.14.